The van der Waals surface area contributed by atoms with Crippen molar-refractivity contribution in [3.05, 3.63) is 58.4 Å². The maximum atomic E-state index is 6.09. The standard InChI is InChI=1S/C16H19ClN2O/c1-11-10-19-7-6-14(11)15(18-2)9-12-8-13(17)4-5-16(12)20-3/h4-8,10,15,18H,9H2,1-3H3. The van der Waals surface area contributed by atoms with Crippen LogP contribution in [0.15, 0.2) is 36.7 Å². The fourth-order valence-electron chi connectivity index (χ4n) is 2.37. The Balaban J connectivity index is 2.31. The molecule has 1 heterocycles. The van der Waals surface area contributed by atoms with Gasteiger partial charge in [-0.1, -0.05) is 11.6 Å². The highest BCUT2D eigenvalue weighted by atomic mass is 35.5. The summed E-state index contributed by atoms with van der Waals surface area (Å²) < 4.78 is 5.41. The van der Waals surface area contributed by atoms with Crippen LogP contribution in [0.1, 0.15) is 22.7 Å². The van der Waals surface area contributed by atoms with Gasteiger partial charge in [-0.2, -0.15) is 0 Å². The zero-order chi connectivity index (χ0) is 14.5. The first-order valence-corrected chi connectivity index (χ1v) is 6.93. The Kier molecular flexibility index (Phi) is 4.99. The molecule has 0 aliphatic rings. The molecule has 20 heavy (non-hydrogen) atoms. The molecule has 1 atom stereocenters. The van der Waals surface area contributed by atoms with Gasteiger partial charge in [0.2, 0.25) is 0 Å². The van der Waals surface area contributed by atoms with E-state index in [9.17, 15) is 0 Å². The summed E-state index contributed by atoms with van der Waals surface area (Å²) in [5, 5.41) is 4.08. The first kappa shape index (κ1) is 14.8. The van der Waals surface area contributed by atoms with Gasteiger partial charge in [0.1, 0.15) is 5.75 Å². The van der Waals surface area contributed by atoms with Crippen LogP contribution in [0.3, 0.4) is 0 Å². The number of hydrogen-bond donors (Lipinski definition) is 1. The van der Waals surface area contributed by atoms with E-state index in [1.54, 1.807) is 7.11 Å². The molecule has 0 aliphatic carbocycles. The molecule has 0 aliphatic heterocycles. The van der Waals surface area contributed by atoms with Crippen LogP contribution in [-0.2, 0) is 6.42 Å². The van der Waals surface area contributed by atoms with Crippen LogP contribution in [0, 0.1) is 6.92 Å². The molecule has 0 saturated heterocycles. The SMILES string of the molecule is CNC(Cc1cc(Cl)ccc1OC)c1ccncc1C. The van der Waals surface area contributed by atoms with Gasteiger partial charge >= 0.3 is 0 Å². The maximum Gasteiger partial charge on any atom is 0.122 e. The third kappa shape index (κ3) is 3.30. The minimum Gasteiger partial charge on any atom is -0.496 e. The maximum absolute atomic E-state index is 6.09. The Morgan fingerprint density at radius 2 is 2.15 bits per heavy atom. The van der Waals surface area contributed by atoms with Crippen molar-refractivity contribution in [1.29, 1.82) is 0 Å². The number of hydrogen-bond acceptors (Lipinski definition) is 3. The Hall–Kier alpha value is -1.58. The molecule has 2 rings (SSSR count). The van der Waals surface area contributed by atoms with E-state index in [1.165, 1.54) is 11.1 Å². The predicted molar refractivity (Wildman–Crippen MR) is 82.5 cm³/mol. The molecule has 1 N–H and O–H groups in total. The number of aryl methyl sites for hydroxylation is 1. The van der Waals surface area contributed by atoms with Crippen LogP contribution in [0.5, 0.6) is 5.75 Å². The summed E-state index contributed by atoms with van der Waals surface area (Å²) in [6.07, 6.45) is 4.52. The zero-order valence-electron chi connectivity index (χ0n) is 12.0. The molecule has 2 aromatic rings. The van der Waals surface area contributed by atoms with E-state index in [1.807, 2.05) is 43.7 Å². The minimum absolute atomic E-state index is 0.199. The highest BCUT2D eigenvalue weighted by Gasteiger charge is 2.15. The monoisotopic (exact) mass is 290 g/mol. The first-order chi connectivity index (χ1) is 9.65. The van der Waals surface area contributed by atoms with Crippen LogP contribution >= 0.6 is 11.6 Å². The summed E-state index contributed by atoms with van der Waals surface area (Å²) in [6.45, 7) is 2.07. The molecule has 0 spiro atoms. The van der Waals surface area contributed by atoms with Crippen molar-refractivity contribution >= 4 is 11.6 Å². The average molecular weight is 291 g/mol. The number of nitrogens with one attached hydrogen (secondary N) is 1. The van der Waals surface area contributed by atoms with Crippen LogP contribution in [-0.4, -0.2) is 19.1 Å². The summed E-state index contributed by atoms with van der Waals surface area (Å²) >= 11 is 6.09. The molecule has 0 amide bonds. The van der Waals surface area contributed by atoms with Crippen LogP contribution in [0.4, 0.5) is 0 Å². The Morgan fingerprint density at radius 1 is 1.35 bits per heavy atom. The van der Waals surface area contributed by atoms with Gasteiger partial charge in [0.25, 0.3) is 0 Å². The molecule has 3 nitrogen and oxygen atoms in total. The summed E-state index contributed by atoms with van der Waals surface area (Å²) in [5.74, 6) is 0.862. The Bertz CT molecular complexity index is 586. The summed E-state index contributed by atoms with van der Waals surface area (Å²) in [5.41, 5.74) is 3.51. The van der Waals surface area contributed by atoms with Gasteiger partial charge < -0.3 is 10.1 Å². The Morgan fingerprint density at radius 3 is 2.80 bits per heavy atom. The van der Waals surface area contributed by atoms with Crippen molar-refractivity contribution in [1.82, 2.24) is 10.3 Å². The molecule has 106 valence electrons. The molecule has 0 radical (unpaired) electrons. The van der Waals surface area contributed by atoms with Gasteiger partial charge in [0.15, 0.2) is 0 Å². The number of benzene rings is 1. The van der Waals surface area contributed by atoms with Crippen molar-refractivity contribution in [2.45, 2.75) is 19.4 Å². The molecular formula is C16H19ClN2O. The lowest BCUT2D eigenvalue weighted by molar-refractivity contribution is 0.406. The number of ether oxygens (including phenoxy) is 1. The normalized spacial score (nSPS) is 12.2. The lowest BCUT2D eigenvalue weighted by Gasteiger charge is -2.20. The molecule has 0 fully saturated rings. The predicted octanol–water partition coefficient (Wildman–Crippen LogP) is 3.56. The average Bonchev–Trinajstić information content (AvgIpc) is 2.46. The molecule has 1 aromatic heterocycles. The van der Waals surface area contributed by atoms with E-state index in [0.29, 0.717) is 0 Å². The summed E-state index contributed by atoms with van der Waals surface area (Å²) in [7, 11) is 3.64. The molecule has 4 heteroatoms. The fraction of sp³-hybridized carbons (Fsp3) is 0.312. The van der Waals surface area contributed by atoms with Crippen molar-refractivity contribution in [2.24, 2.45) is 0 Å². The molecule has 0 saturated carbocycles. The largest absolute Gasteiger partial charge is 0.496 e. The third-order valence-electron chi connectivity index (χ3n) is 3.45. The number of aromatic nitrogens is 1. The van der Waals surface area contributed by atoms with Gasteiger partial charge in [0.05, 0.1) is 7.11 Å². The van der Waals surface area contributed by atoms with Crippen LogP contribution in [0.2, 0.25) is 5.02 Å². The summed E-state index contributed by atoms with van der Waals surface area (Å²) in [6, 6.07) is 7.96. The molecule has 1 aromatic carbocycles. The van der Waals surface area contributed by atoms with Gasteiger partial charge in [0, 0.05) is 23.5 Å². The first-order valence-electron chi connectivity index (χ1n) is 6.56. The lowest BCUT2D eigenvalue weighted by Crippen LogP contribution is -2.20. The number of pyridine rings is 1. The second kappa shape index (κ2) is 6.73. The molecule has 1 unspecified atom stereocenters. The molecule has 0 bridgehead atoms. The number of halogens is 1. The quantitative estimate of drug-likeness (QED) is 0.914. The Labute approximate surface area is 124 Å². The van der Waals surface area contributed by atoms with Gasteiger partial charge in [-0.3, -0.25) is 4.98 Å². The highest BCUT2D eigenvalue weighted by molar-refractivity contribution is 6.30. The second-order valence-corrected chi connectivity index (χ2v) is 5.17. The van der Waals surface area contributed by atoms with Gasteiger partial charge in [-0.15, -0.1) is 0 Å². The summed E-state index contributed by atoms with van der Waals surface area (Å²) in [4.78, 5) is 4.14. The lowest BCUT2D eigenvalue weighted by atomic mass is 9.96. The van der Waals surface area contributed by atoms with E-state index >= 15 is 0 Å². The van der Waals surface area contributed by atoms with E-state index in [4.69, 9.17) is 16.3 Å². The van der Waals surface area contributed by atoms with Crippen molar-refractivity contribution in [2.75, 3.05) is 14.2 Å². The van der Waals surface area contributed by atoms with E-state index in [0.717, 1.165) is 22.8 Å². The number of methoxy groups -OCH3 is 1. The number of nitrogens with zero attached hydrogens (tertiary/aromatic N) is 1. The topological polar surface area (TPSA) is 34.1 Å². The number of rotatable bonds is 5. The van der Waals surface area contributed by atoms with E-state index in [2.05, 4.69) is 17.2 Å². The van der Waals surface area contributed by atoms with E-state index in [-0.39, 0.29) is 6.04 Å². The highest BCUT2D eigenvalue weighted by Crippen LogP contribution is 2.28. The van der Waals surface area contributed by atoms with Gasteiger partial charge in [-0.05, 0) is 61.3 Å². The minimum atomic E-state index is 0.199. The second-order valence-electron chi connectivity index (χ2n) is 4.73. The van der Waals surface area contributed by atoms with Crippen molar-refractivity contribution in [3.63, 3.8) is 0 Å². The molecular weight excluding hydrogens is 272 g/mol. The number of likely N-dealkylation sites (N-methyl/N-ethyl adjacent to an activating group) is 1. The third-order valence-corrected chi connectivity index (χ3v) is 3.69. The fourth-order valence-corrected chi connectivity index (χ4v) is 2.56. The van der Waals surface area contributed by atoms with Crippen LogP contribution in [0.25, 0.3) is 0 Å². The zero-order valence-corrected chi connectivity index (χ0v) is 12.7. The van der Waals surface area contributed by atoms with E-state index < -0.39 is 0 Å². The van der Waals surface area contributed by atoms with Crippen molar-refractivity contribution < 1.29 is 4.74 Å². The smallest absolute Gasteiger partial charge is 0.122 e. The van der Waals surface area contributed by atoms with Gasteiger partial charge in [-0.25, -0.2) is 0 Å². The van der Waals surface area contributed by atoms with Crippen LogP contribution < -0.4 is 10.1 Å². The van der Waals surface area contributed by atoms with Crippen molar-refractivity contribution in [3.8, 4) is 5.75 Å².